The van der Waals surface area contributed by atoms with Crippen molar-refractivity contribution < 1.29 is 68.1 Å². The smallest absolute Gasteiger partial charge is 0.305 e. The van der Waals surface area contributed by atoms with Crippen molar-refractivity contribution in [3.8, 4) is 0 Å². The number of carbonyl (C=O) groups is 11. The number of carbonyl (C=O) groups excluding carboxylic acids is 9. The Morgan fingerprint density at radius 3 is 1.39 bits per heavy atom. The Hall–Kier alpha value is -5.71. The number of nitrogens with one attached hydrogen (secondary N) is 7. The summed E-state index contributed by atoms with van der Waals surface area (Å²) in [4.78, 5) is 140. The lowest BCUT2D eigenvalue weighted by Gasteiger charge is -2.30. The van der Waals surface area contributed by atoms with Crippen LogP contribution in [0, 0.1) is 17.8 Å². The maximum atomic E-state index is 13.9. The monoisotopic (exact) mass is 871 g/mol. The van der Waals surface area contributed by atoms with Crippen molar-refractivity contribution >= 4 is 65.5 Å². The number of aliphatic hydroxyl groups excluding tert-OH is 1. The molecule has 0 spiro atoms. The van der Waals surface area contributed by atoms with Crippen LogP contribution in [-0.2, 0) is 52.7 Å². The van der Waals surface area contributed by atoms with Crippen LogP contribution < -0.4 is 48.7 Å². The summed E-state index contributed by atoms with van der Waals surface area (Å²) < 4.78 is 0. The van der Waals surface area contributed by atoms with Crippen LogP contribution in [0.2, 0.25) is 0 Å². The van der Waals surface area contributed by atoms with E-state index >= 15 is 0 Å². The molecule has 23 heteroatoms. The molecule has 0 radical (unpaired) electrons. The van der Waals surface area contributed by atoms with Crippen molar-refractivity contribution in [2.24, 2.45) is 29.2 Å². The first-order valence-corrected chi connectivity index (χ1v) is 20.0. The maximum absolute atomic E-state index is 13.9. The SMILES string of the molecule is CC[C@H](C)[C@H](NC(=O)[C@H](CC(C)C)NC(=O)[C@H](CC(N)=O)NC(=O)[C@@H](N)[C@@H](C)O)C(=O)N[C@@H](CCC(=O)O)C(=O)N[C@@H](CC(C)C)C(=O)N[C@@H](CC(=O)O)C(=O)N[C@@H](C)C=O. The number of aldehydes is 1. The van der Waals surface area contributed by atoms with Crippen molar-refractivity contribution in [1.82, 2.24) is 37.2 Å². The molecule has 0 rings (SSSR count). The molecule has 8 amide bonds. The average molecular weight is 872 g/mol. The van der Waals surface area contributed by atoms with Crippen molar-refractivity contribution in [3.63, 3.8) is 0 Å². The number of amides is 8. The Bertz CT molecular complexity index is 1570. The minimum Gasteiger partial charge on any atom is -0.481 e. The van der Waals surface area contributed by atoms with E-state index in [1.807, 2.05) is 0 Å². The van der Waals surface area contributed by atoms with Gasteiger partial charge in [0.25, 0.3) is 0 Å². The van der Waals surface area contributed by atoms with Gasteiger partial charge in [-0.15, -0.1) is 0 Å². The van der Waals surface area contributed by atoms with Gasteiger partial charge in [0.05, 0.1) is 25.0 Å². The lowest BCUT2D eigenvalue weighted by Crippen LogP contribution is -2.61. The van der Waals surface area contributed by atoms with Crippen LogP contribution in [0.5, 0.6) is 0 Å². The molecule has 61 heavy (non-hydrogen) atoms. The number of rotatable bonds is 29. The standard InChI is InChI=1S/C38H65N9O14/c1-9-19(6)31(47-36(59)24(13-18(4)5)44-35(58)25(14-27(39)50)46-37(60)30(40)21(8)49)38(61)42-22(10-11-28(51)52)32(55)43-23(12-17(2)3)34(57)45-26(15-29(53)54)33(56)41-20(7)16-48/h16-26,30-31,49H,9-15,40H2,1-8H3,(H2,39,50)(H,41,56)(H,42,61)(H,43,55)(H,44,58)(H,45,57)(H,46,60)(H,47,59)(H,51,52)(H,53,54)/t19-,20-,21+,22-,23-,24-,25-,26-,30-,31-/m0/s1. The summed E-state index contributed by atoms with van der Waals surface area (Å²) in [6, 6.07) is -11.6. The van der Waals surface area contributed by atoms with E-state index in [0.717, 1.165) is 0 Å². The minimum atomic E-state index is -1.66. The van der Waals surface area contributed by atoms with E-state index in [9.17, 15) is 68.1 Å². The third-order valence-corrected chi connectivity index (χ3v) is 9.20. The fraction of sp³-hybridized carbons (Fsp3) is 0.711. The zero-order valence-electron chi connectivity index (χ0n) is 35.9. The zero-order valence-corrected chi connectivity index (χ0v) is 35.9. The molecule has 346 valence electrons. The number of carboxylic acids is 2. The van der Waals surface area contributed by atoms with E-state index in [-0.39, 0.29) is 31.1 Å². The summed E-state index contributed by atoms with van der Waals surface area (Å²) in [5.74, 6) is -11.8. The maximum Gasteiger partial charge on any atom is 0.305 e. The molecule has 23 nitrogen and oxygen atoms in total. The van der Waals surface area contributed by atoms with Gasteiger partial charge in [-0.25, -0.2) is 0 Å². The quantitative estimate of drug-likeness (QED) is 0.0327. The highest BCUT2D eigenvalue weighted by Crippen LogP contribution is 2.14. The molecule has 0 unspecified atom stereocenters. The predicted molar refractivity (Wildman–Crippen MR) is 216 cm³/mol. The van der Waals surface area contributed by atoms with Crippen LogP contribution in [-0.4, -0.2) is 135 Å². The molecule has 0 aliphatic rings. The van der Waals surface area contributed by atoms with Gasteiger partial charge in [-0.1, -0.05) is 48.0 Å². The van der Waals surface area contributed by atoms with E-state index in [1.165, 1.54) is 13.8 Å². The van der Waals surface area contributed by atoms with Crippen LogP contribution in [0.25, 0.3) is 0 Å². The zero-order chi connectivity index (χ0) is 47.3. The molecule has 10 atom stereocenters. The van der Waals surface area contributed by atoms with Crippen molar-refractivity contribution in [2.45, 2.75) is 155 Å². The van der Waals surface area contributed by atoms with Crippen LogP contribution in [0.15, 0.2) is 0 Å². The van der Waals surface area contributed by atoms with E-state index < -0.39 is 145 Å². The Balaban J connectivity index is 6.58. The molecule has 14 N–H and O–H groups in total. The molecule has 0 aromatic heterocycles. The molecular weight excluding hydrogens is 806 g/mol. The van der Waals surface area contributed by atoms with Crippen LogP contribution in [0.4, 0.5) is 0 Å². The van der Waals surface area contributed by atoms with E-state index in [4.69, 9.17) is 11.5 Å². The normalized spacial score (nSPS) is 16.1. The molecule has 0 aromatic rings. The molecule has 0 saturated carbocycles. The Morgan fingerprint density at radius 1 is 0.557 bits per heavy atom. The average Bonchev–Trinajstić information content (AvgIpc) is 3.15. The lowest BCUT2D eigenvalue weighted by molar-refractivity contribution is -0.141. The van der Waals surface area contributed by atoms with Gasteiger partial charge in [-0.2, -0.15) is 0 Å². The van der Waals surface area contributed by atoms with Gasteiger partial charge in [-0.05, 0) is 50.9 Å². The van der Waals surface area contributed by atoms with Crippen molar-refractivity contribution in [3.05, 3.63) is 0 Å². The third-order valence-electron chi connectivity index (χ3n) is 9.20. The summed E-state index contributed by atoms with van der Waals surface area (Å²) in [6.45, 7) is 12.7. The second kappa shape index (κ2) is 27.2. The number of nitrogens with two attached hydrogens (primary N) is 2. The molecule has 0 aromatic carbocycles. The van der Waals surface area contributed by atoms with Gasteiger partial charge < -0.3 is 68.8 Å². The van der Waals surface area contributed by atoms with E-state index in [1.54, 1.807) is 41.5 Å². The summed E-state index contributed by atoms with van der Waals surface area (Å²) in [5.41, 5.74) is 10.9. The molecule has 0 heterocycles. The molecule has 0 bridgehead atoms. The molecule has 0 fully saturated rings. The fourth-order valence-corrected chi connectivity index (χ4v) is 5.62. The Kier molecular flexibility index (Phi) is 24.7. The number of aliphatic carboxylic acids is 2. The van der Waals surface area contributed by atoms with Crippen LogP contribution >= 0.6 is 0 Å². The Morgan fingerprint density at radius 2 is 0.967 bits per heavy atom. The highest BCUT2D eigenvalue weighted by Gasteiger charge is 2.36. The van der Waals surface area contributed by atoms with Crippen molar-refractivity contribution in [2.75, 3.05) is 0 Å². The van der Waals surface area contributed by atoms with Crippen molar-refractivity contribution in [1.29, 1.82) is 0 Å². The second-order valence-electron chi connectivity index (χ2n) is 15.8. The van der Waals surface area contributed by atoms with Gasteiger partial charge in [0, 0.05) is 6.42 Å². The number of aliphatic hydroxyl groups is 1. The van der Waals surface area contributed by atoms with Gasteiger partial charge in [0.15, 0.2) is 0 Å². The van der Waals surface area contributed by atoms with Gasteiger partial charge >= 0.3 is 11.9 Å². The fourth-order valence-electron chi connectivity index (χ4n) is 5.62. The molecular formula is C38H65N9O14. The predicted octanol–water partition coefficient (Wildman–Crippen LogP) is -3.34. The van der Waals surface area contributed by atoms with Crippen LogP contribution in [0.1, 0.15) is 100 Å². The first-order valence-electron chi connectivity index (χ1n) is 20.0. The number of hydrogen-bond donors (Lipinski definition) is 12. The number of primary amides is 1. The first-order chi connectivity index (χ1) is 28.2. The highest BCUT2D eigenvalue weighted by molar-refractivity contribution is 5.98. The minimum absolute atomic E-state index is 0.00904. The largest absolute Gasteiger partial charge is 0.481 e. The number of carboxylic acid groups (broad SMARTS) is 2. The molecule has 0 aliphatic heterocycles. The highest BCUT2D eigenvalue weighted by atomic mass is 16.4. The molecule has 0 aliphatic carbocycles. The first kappa shape index (κ1) is 55.3. The summed E-state index contributed by atoms with van der Waals surface area (Å²) in [5, 5.41) is 45.2. The lowest BCUT2D eigenvalue weighted by atomic mass is 9.96. The Labute approximate surface area is 354 Å². The number of hydrogen-bond acceptors (Lipinski definition) is 13. The van der Waals surface area contributed by atoms with Crippen LogP contribution in [0.3, 0.4) is 0 Å². The van der Waals surface area contributed by atoms with Gasteiger partial charge in [0.1, 0.15) is 48.6 Å². The summed E-state index contributed by atoms with van der Waals surface area (Å²) >= 11 is 0. The third kappa shape index (κ3) is 21.4. The topological polar surface area (TPSA) is 385 Å². The van der Waals surface area contributed by atoms with E-state index in [0.29, 0.717) is 6.29 Å². The summed E-state index contributed by atoms with van der Waals surface area (Å²) in [7, 11) is 0. The molecule has 0 saturated heterocycles. The van der Waals surface area contributed by atoms with Gasteiger partial charge in [0.2, 0.25) is 47.3 Å². The second-order valence-corrected chi connectivity index (χ2v) is 15.8. The summed E-state index contributed by atoms with van der Waals surface area (Å²) in [6.07, 6.45) is -3.42. The van der Waals surface area contributed by atoms with E-state index in [2.05, 4.69) is 37.2 Å². The van der Waals surface area contributed by atoms with Gasteiger partial charge in [-0.3, -0.25) is 47.9 Å².